The molecule has 0 bridgehead atoms. The maximum absolute atomic E-state index is 5.76. The minimum atomic E-state index is 0.0639. The molecule has 104 valence electrons. The predicted molar refractivity (Wildman–Crippen MR) is 73.2 cm³/mol. The molecule has 0 amide bonds. The van der Waals surface area contributed by atoms with Gasteiger partial charge < -0.3 is 10.5 Å². The van der Waals surface area contributed by atoms with Crippen LogP contribution < -0.4 is 5.73 Å². The Labute approximate surface area is 116 Å². The fourth-order valence-corrected chi connectivity index (χ4v) is 3.21. The van der Waals surface area contributed by atoms with Gasteiger partial charge in [-0.15, -0.1) is 10.2 Å². The Morgan fingerprint density at radius 2 is 2.42 bits per heavy atom. The predicted octanol–water partition coefficient (Wildman–Crippen LogP) is 1.71. The summed E-state index contributed by atoms with van der Waals surface area (Å²) in [5, 5.41) is 14.1. The highest BCUT2D eigenvalue weighted by atomic mass is 32.1. The molecule has 0 radical (unpaired) electrons. The molecule has 6 nitrogen and oxygen atoms in total. The van der Waals surface area contributed by atoms with Crippen LogP contribution in [-0.4, -0.2) is 32.5 Å². The Morgan fingerprint density at radius 1 is 1.53 bits per heavy atom. The monoisotopic (exact) mass is 281 g/mol. The summed E-state index contributed by atoms with van der Waals surface area (Å²) in [5.41, 5.74) is 5.76. The molecule has 2 unspecified atom stereocenters. The van der Waals surface area contributed by atoms with Gasteiger partial charge >= 0.3 is 0 Å². The lowest BCUT2D eigenvalue weighted by Gasteiger charge is -2.04. The van der Waals surface area contributed by atoms with Crippen molar-refractivity contribution in [2.45, 2.75) is 51.2 Å². The van der Waals surface area contributed by atoms with E-state index in [1.54, 1.807) is 11.3 Å². The standard InChI is InChI=1S/C12H19N5OS/c1-8(13)4-2-6-10-16-17-11(9-5-3-7-18-9)14-15-12(17)19-10/h8-9H,2-7,13H2,1H3. The first-order chi connectivity index (χ1) is 9.24. The summed E-state index contributed by atoms with van der Waals surface area (Å²) in [6.45, 7) is 2.85. The molecule has 1 fully saturated rings. The van der Waals surface area contributed by atoms with Gasteiger partial charge in [-0.1, -0.05) is 11.3 Å². The first-order valence-corrected chi connectivity index (χ1v) is 7.64. The smallest absolute Gasteiger partial charge is 0.234 e. The maximum Gasteiger partial charge on any atom is 0.234 e. The van der Waals surface area contributed by atoms with E-state index in [0.717, 1.165) is 54.5 Å². The molecule has 7 heteroatoms. The molecule has 2 N–H and O–H groups in total. The average Bonchev–Trinajstić information content (AvgIpc) is 3.01. The number of aromatic nitrogens is 4. The number of hydrogen-bond acceptors (Lipinski definition) is 6. The van der Waals surface area contributed by atoms with E-state index in [2.05, 4.69) is 15.3 Å². The molecular formula is C12H19N5OS. The van der Waals surface area contributed by atoms with Gasteiger partial charge in [0.2, 0.25) is 4.96 Å². The van der Waals surface area contributed by atoms with E-state index in [1.807, 2.05) is 11.4 Å². The number of nitrogens with zero attached hydrogens (tertiary/aromatic N) is 4. The highest BCUT2D eigenvalue weighted by molar-refractivity contribution is 7.16. The molecule has 19 heavy (non-hydrogen) atoms. The number of rotatable bonds is 5. The third-order valence-corrected chi connectivity index (χ3v) is 4.28. The van der Waals surface area contributed by atoms with E-state index in [9.17, 15) is 0 Å². The summed E-state index contributed by atoms with van der Waals surface area (Å²) < 4.78 is 7.50. The lowest BCUT2D eigenvalue weighted by atomic mass is 10.1. The van der Waals surface area contributed by atoms with Gasteiger partial charge in [-0.05, 0) is 32.6 Å². The van der Waals surface area contributed by atoms with E-state index in [4.69, 9.17) is 10.5 Å². The minimum Gasteiger partial charge on any atom is -0.370 e. The summed E-state index contributed by atoms with van der Waals surface area (Å²) in [7, 11) is 0. The molecule has 2 aromatic heterocycles. The van der Waals surface area contributed by atoms with E-state index >= 15 is 0 Å². The van der Waals surface area contributed by atoms with Crippen LogP contribution in [0.2, 0.25) is 0 Å². The maximum atomic E-state index is 5.76. The number of aryl methyl sites for hydroxylation is 1. The van der Waals surface area contributed by atoms with E-state index in [-0.39, 0.29) is 12.1 Å². The quantitative estimate of drug-likeness (QED) is 0.902. The van der Waals surface area contributed by atoms with Crippen molar-refractivity contribution in [3.63, 3.8) is 0 Å². The fraction of sp³-hybridized carbons (Fsp3) is 0.750. The van der Waals surface area contributed by atoms with Crippen LogP contribution >= 0.6 is 11.3 Å². The zero-order chi connectivity index (χ0) is 13.2. The van der Waals surface area contributed by atoms with E-state index < -0.39 is 0 Å². The Kier molecular flexibility index (Phi) is 3.76. The third kappa shape index (κ3) is 2.77. The molecule has 1 aliphatic heterocycles. The van der Waals surface area contributed by atoms with Gasteiger partial charge in [-0.3, -0.25) is 0 Å². The van der Waals surface area contributed by atoms with Crippen molar-refractivity contribution in [1.29, 1.82) is 0 Å². The van der Waals surface area contributed by atoms with E-state index in [1.165, 1.54) is 0 Å². The van der Waals surface area contributed by atoms with Gasteiger partial charge in [0, 0.05) is 19.1 Å². The second-order valence-electron chi connectivity index (χ2n) is 5.12. The van der Waals surface area contributed by atoms with Gasteiger partial charge in [0.15, 0.2) is 5.82 Å². The zero-order valence-corrected chi connectivity index (χ0v) is 11.9. The van der Waals surface area contributed by atoms with Crippen molar-refractivity contribution in [2.24, 2.45) is 5.73 Å². The molecule has 2 aromatic rings. The SMILES string of the molecule is CC(N)CCCc1nn2c(C3CCCO3)nnc2s1. The van der Waals surface area contributed by atoms with Crippen LogP contribution in [0.1, 0.15) is 49.5 Å². The molecule has 0 aliphatic carbocycles. The van der Waals surface area contributed by atoms with Gasteiger partial charge in [0.1, 0.15) is 11.1 Å². The van der Waals surface area contributed by atoms with Crippen LogP contribution in [0, 0.1) is 0 Å². The molecule has 1 aliphatic rings. The second-order valence-corrected chi connectivity index (χ2v) is 6.16. The Hall–Kier alpha value is -1.05. The number of hydrogen-bond donors (Lipinski definition) is 1. The van der Waals surface area contributed by atoms with Crippen LogP contribution in [0.5, 0.6) is 0 Å². The molecule has 3 heterocycles. The number of ether oxygens (including phenoxy) is 1. The highest BCUT2D eigenvalue weighted by Gasteiger charge is 2.24. The zero-order valence-electron chi connectivity index (χ0n) is 11.1. The van der Waals surface area contributed by atoms with Crippen LogP contribution in [0.3, 0.4) is 0 Å². The summed E-state index contributed by atoms with van der Waals surface area (Å²) >= 11 is 1.61. The molecular weight excluding hydrogens is 262 g/mol. The van der Waals surface area contributed by atoms with Crippen molar-refractivity contribution < 1.29 is 4.74 Å². The molecule has 0 aromatic carbocycles. The normalized spacial score (nSPS) is 21.3. The Balaban J connectivity index is 1.73. The van der Waals surface area contributed by atoms with Crippen molar-refractivity contribution >= 4 is 16.3 Å². The first kappa shape index (κ1) is 13.0. The van der Waals surface area contributed by atoms with Gasteiger partial charge in [0.25, 0.3) is 0 Å². The van der Waals surface area contributed by atoms with Crippen molar-refractivity contribution in [2.75, 3.05) is 6.61 Å². The van der Waals surface area contributed by atoms with Crippen LogP contribution in [-0.2, 0) is 11.2 Å². The average molecular weight is 281 g/mol. The van der Waals surface area contributed by atoms with Crippen molar-refractivity contribution in [3.8, 4) is 0 Å². The topological polar surface area (TPSA) is 78.3 Å². The van der Waals surface area contributed by atoms with Gasteiger partial charge in [-0.25, -0.2) is 0 Å². The van der Waals surface area contributed by atoms with Gasteiger partial charge in [0.05, 0.1) is 0 Å². The van der Waals surface area contributed by atoms with Crippen molar-refractivity contribution in [1.82, 2.24) is 19.8 Å². The third-order valence-electron chi connectivity index (χ3n) is 3.32. The fourth-order valence-electron chi connectivity index (χ4n) is 2.33. The van der Waals surface area contributed by atoms with E-state index in [0.29, 0.717) is 0 Å². The minimum absolute atomic E-state index is 0.0639. The van der Waals surface area contributed by atoms with Crippen LogP contribution in [0.25, 0.3) is 4.96 Å². The lowest BCUT2D eigenvalue weighted by Crippen LogP contribution is -2.14. The Bertz CT molecular complexity index is 543. The number of nitrogens with two attached hydrogens (primary N) is 1. The molecule has 2 atom stereocenters. The number of fused-ring (bicyclic) bond motifs is 1. The molecule has 0 saturated carbocycles. The van der Waals surface area contributed by atoms with Crippen molar-refractivity contribution in [3.05, 3.63) is 10.8 Å². The van der Waals surface area contributed by atoms with Gasteiger partial charge in [-0.2, -0.15) is 9.61 Å². The Morgan fingerprint density at radius 3 is 3.16 bits per heavy atom. The van der Waals surface area contributed by atoms with Crippen LogP contribution in [0.4, 0.5) is 0 Å². The molecule has 1 saturated heterocycles. The summed E-state index contributed by atoms with van der Waals surface area (Å²) in [5.74, 6) is 0.849. The lowest BCUT2D eigenvalue weighted by molar-refractivity contribution is 0.103. The summed E-state index contributed by atoms with van der Waals surface area (Å²) in [6.07, 6.45) is 5.22. The first-order valence-electron chi connectivity index (χ1n) is 6.82. The highest BCUT2D eigenvalue weighted by Crippen LogP contribution is 2.28. The van der Waals surface area contributed by atoms with Crippen LogP contribution in [0.15, 0.2) is 0 Å². The second kappa shape index (κ2) is 5.52. The summed E-state index contributed by atoms with van der Waals surface area (Å²) in [4.78, 5) is 0.862. The largest absolute Gasteiger partial charge is 0.370 e. The molecule has 3 rings (SSSR count). The molecule has 0 spiro atoms. The summed E-state index contributed by atoms with van der Waals surface area (Å²) in [6, 6.07) is 0.258.